The number of aryl methyl sites for hydroxylation is 1. The van der Waals surface area contributed by atoms with Crippen LogP contribution in [-0.2, 0) is 11.3 Å². The van der Waals surface area contributed by atoms with Crippen LogP contribution in [-0.4, -0.2) is 63.6 Å². The average molecular weight is 357 g/mol. The number of rotatable bonds is 4. The van der Waals surface area contributed by atoms with E-state index < -0.39 is 0 Å². The quantitative estimate of drug-likeness (QED) is 0.825. The van der Waals surface area contributed by atoms with E-state index in [4.69, 9.17) is 0 Å². The summed E-state index contributed by atoms with van der Waals surface area (Å²) in [5, 5.41) is 2.71. The Balaban J connectivity index is 1.61. The number of carbonyl (C=O) groups excluding carboxylic acids is 1. The first-order chi connectivity index (χ1) is 12.4. The maximum atomic E-state index is 12.2. The molecule has 26 heavy (non-hydrogen) atoms. The summed E-state index contributed by atoms with van der Waals surface area (Å²) >= 11 is 0. The van der Waals surface area contributed by atoms with E-state index in [1.165, 1.54) is 10.9 Å². The van der Waals surface area contributed by atoms with Gasteiger partial charge in [-0.1, -0.05) is 0 Å². The second-order valence-corrected chi connectivity index (χ2v) is 6.50. The van der Waals surface area contributed by atoms with Crippen LogP contribution >= 0.6 is 0 Å². The molecule has 1 aliphatic rings. The van der Waals surface area contributed by atoms with Crippen molar-refractivity contribution in [1.82, 2.24) is 24.4 Å². The van der Waals surface area contributed by atoms with E-state index in [0.717, 1.165) is 26.2 Å². The van der Waals surface area contributed by atoms with E-state index >= 15 is 0 Å². The van der Waals surface area contributed by atoms with Crippen LogP contribution < -0.4 is 15.8 Å². The smallest absolute Gasteiger partial charge is 0.256 e. The third-order valence-corrected chi connectivity index (χ3v) is 4.54. The number of hydrogen-bond acceptors (Lipinski definition) is 7. The highest BCUT2D eigenvalue weighted by Gasteiger charge is 2.16. The minimum Gasteiger partial charge on any atom is -0.338 e. The number of piperazine rings is 1. The van der Waals surface area contributed by atoms with Gasteiger partial charge in [0.05, 0.1) is 24.4 Å². The van der Waals surface area contributed by atoms with Crippen molar-refractivity contribution in [3.63, 3.8) is 0 Å². The Morgan fingerprint density at radius 2 is 1.77 bits per heavy atom. The largest absolute Gasteiger partial charge is 0.338 e. The normalized spacial score (nSPS) is 15.1. The van der Waals surface area contributed by atoms with Gasteiger partial charge in [-0.2, -0.15) is 0 Å². The van der Waals surface area contributed by atoms with Gasteiger partial charge in [-0.15, -0.1) is 0 Å². The molecule has 3 rings (SSSR count). The number of amides is 1. The Bertz CT molecular complexity index is 839. The van der Waals surface area contributed by atoms with Gasteiger partial charge in [0, 0.05) is 37.4 Å². The van der Waals surface area contributed by atoms with Crippen molar-refractivity contribution in [2.24, 2.45) is 0 Å². The van der Waals surface area contributed by atoms with Gasteiger partial charge in [-0.25, -0.2) is 15.0 Å². The number of aromatic nitrogens is 4. The van der Waals surface area contributed by atoms with Crippen LogP contribution in [0.5, 0.6) is 0 Å². The highest BCUT2D eigenvalue weighted by atomic mass is 16.2. The number of nitrogens with one attached hydrogen (secondary N) is 1. The molecule has 2 aromatic rings. The van der Waals surface area contributed by atoms with Crippen LogP contribution in [0.3, 0.4) is 0 Å². The van der Waals surface area contributed by atoms with Crippen LogP contribution in [0.4, 0.5) is 11.6 Å². The predicted octanol–water partition coefficient (Wildman–Crippen LogP) is 0.0406. The van der Waals surface area contributed by atoms with Gasteiger partial charge >= 0.3 is 0 Å². The number of anilines is 2. The van der Waals surface area contributed by atoms with Crippen LogP contribution in [0.25, 0.3) is 0 Å². The van der Waals surface area contributed by atoms with Crippen molar-refractivity contribution in [3.05, 3.63) is 40.3 Å². The topological polar surface area (TPSA) is 96.2 Å². The summed E-state index contributed by atoms with van der Waals surface area (Å²) < 4.78 is 1.29. The zero-order valence-electron chi connectivity index (χ0n) is 15.3. The maximum absolute atomic E-state index is 12.2. The lowest BCUT2D eigenvalue weighted by molar-refractivity contribution is -0.116. The molecule has 0 aliphatic carbocycles. The zero-order valence-corrected chi connectivity index (χ0v) is 15.3. The highest BCUT2D eigenvalue weighted by molar-refractivity contribution is 5.90. The van der Waals surface area contributed by atoms with Gasteiger partial charge in [-0.3, -0.25) is 14.2 Å². The predicted molar refractivity (Wildman–Crippen MR) is 98.3 cm³/mol. The summed E-state index contributed by atoms with van der Waals surface area (Å²) in [6, 6.07) is 0. The molecule has 1 amide bonds. The number of likely N-dealkylation sites (N-methyl/N-ethyl adjacent to an activating group) is 1. The van der Waals surface area contributed by atoms with Gasteiger partial charge < -0.3 is 15.1 Å². The fourth-order valence-corrected chi connectivity index (χ4v) is 2.70. The standard InChI is InChI=1S/C17H23N7O2/c1-12-13(2)20-11-24(16(12)26)10-15(25)21-14-8-18-17(19-9-14)23-6-4-22(3)5-7-23/h8-9,11H,4-7,10H2,1-3H3,(H,21,25). The first-order valence-electron chi connectivity index (χ1n) is 8.52. The Kier molecular flexibility index (Phi) is 5.27. The lowest BCUT2D eigenvalue weighted by atomic mass is 10.3. The highest BCUT2D eigenvalue weighted by Crippen LogP contribution is 2.12. The minimum absolute atomic E-state index is 0.104. The second kappa shape index (κ2) is 7.61. The van der Waals surface area contributed by atoms with Gasteiger partial charge in [0.2, 0.25) is 11.9 Å². The summed E-state index contributed by atoms with van der Waals surface area (Å²) in [5.41, 5.74) is 1.49. The molecule has 1 N–H and O–H groups in total. The van der Waals surface area contributed by atoms with Crippen LogP contribution in [0.15, 0.2) is 23.5 Å². The van der Waals surface area contributed by atoms with Crippen molar-refractivity contribution in [1.29, 1.82) is 0 Å². The summed E-state index contributed by atoms with van der Waals surface area (Å²) in [6.07, 6.45) is 4.55. The SMILES string of the molecule is Cc1ncn(CC(=O)Nc2cnc(N3CCN(C)CC3)nc2)c(=O)c1C. The summed E-state index contributed by atoms with van der Waals surface area (Å²) in [5.74, 6) is 0.332. The van der Waals surface area contributed by atoms with Crippen molar-refractivity contribution < 1.29 is 4.79 Å². The summed E-state index contributed by atoms with van der Waals surface area (Å²) in [4.78, 5) is 41.5. The molecular weight excluding hydrogens is 334 g/mol. The number of nitrogens with zero attached hydrogens (tertiary/aromatic N) is 6. The van der Waals surface area contributed by atoms with Crippen molar-refractivity contribution in [3.8, 4) is 0 Å². The molecule has 0 saturated carbocycles. The Labute approximate surface area is 151 Å². The molecule has 1 saturated heterocycles. The minimum atomic E-state index is -0.326. The molecule has 0 aromatic carbocycles. The van der Waals surface area contributed by atoms with E-state index in [9.17, 15) is 9.59 Å². The molecule has 9 nitrogen and oxygen atoms in total. The lowest BCUT2D eigenvalue weighted by Crippen LogP contribution is -2.45. The fraction of sp³-hybridized carbons (Fsp3) is 0.471. The van der Waals surface area contributed by atoms with E-state index in [1.54, 1.807) is 26.2 Å². The molecule has 0 bridgehead atoms. The van der Waals surface area contributed by atoms with Crippen molar-refractivity contribution in [2.75, 3.05) is 43.4 Å². The average Bonchev–Trinajstić information content (AvgIpc) is 2.64. The van der Waals surface area contributed by atoms with Gasteiger partial charge in [0.25, 0.3) is 5.56 Å². The molecule has 0 atom stereocenters. The molecule has 0 spiro atoms. The van der Waals surface area contributed by atoms with Crippen molar-refractivity contribution in [2.45, 2.75) is 20.4 Å². The second-order valence-electron chi connectivity index (χ2n) is 6.50. The Hall–Kier alpha value is -2.81. The third kappa shape index (κ3) is 4.05. The van der Waals surface area contributed by atoms with Crippen molar-refractivity contribution >= 4 is 17.5 Å². The van der Waals surface area contributed by atoms with Crippen LogP contribution in [0.1, 0.15) is 11.3 Å². The molecular formula is C17H23N7O2. The van der Waals surface area contributed by atoms with E-state index in [1.807, 2.05) is 0 Å². The molecule has 1 fully saturated rings. The Morgan fingerprint density at radius 3 is 2.42 bits per heavy atom. The number of carbonyl (C=O) groups is 1. The van der Waals surface area contributed by atoms with Gasteiger partial charge in [0.15, 0.2) is 0 Å². The molecule has 0 unspecified atom stereocenters. The van der Waals surface area contributed by atoms with E-state index in [2.05, 4.69) is 37.1 Å². The lowest BCUT2D eigenvalue weighted by Gasteiger charge is -2.32. The molecule has 3 heterocycles. The fourth-order valence-electron chi connectivity index (χ4n) is 2.70. The molecule has 0 radical (unpaired) electrons. The monoisotopic (exact) mass is 357 g/mol. The molecule has 138 valence electrons. The Morgan fingerprint density at radius 1 is 1.12 bits per heavy atom. The first kappa shape index (κ1) is 18.0. The van der Waals surface area contributed by atoms with Gasteiger partial charge in [0.1, 0.15) is 6.54 Å². The van der Waals surface area contributed by atoms with E-state index in [-0.39, 0.29) is 18.0 Å². The maximum Gasteiger partial charge on any atom is 0.256 e. The molecule has 2 aromatic heterocycles. The van der Waals surface area contributed by atoms with Gasteiger partial charge in [-0.05, 0) is 20.9 Å². The summed E-state index contributed by atoms with van der Waals surface area (Å²) in [6.45, 7) is 7.06. The summed E-state index contributed by atoms with van der Waals surface area (Å²) in [7, 11) is 2.09. The van der Waals surface area contributed by atoms with Crippen LogP contribution in [0.2, 0.25) is 0 Å². The van der Waals surface area contributed by atoms with Crippen LogP contribution in [0, 0.1) is 13.8 Å². The molecule has 1 aliphatic heterocycles. The van der Waals surface area contributed by atoms with E-state index in [0.29, 0.717) is 22.9 Å². The zero-order chi connectivity index (χ0) is 18.7. The molecule has 9 heteroatoms. The number of hydrogen-bond donors (Lipinski definition) is 1. The third-order valence-electron chi connectivity index (χ3n) is 4.54. The first-order valence-corrected chi connectivity index (χ1v) is 8.52.